The van der Waals surface area contributed by atoms with Crippen molar-refractivity contribution in [2.75, 3.05) is 37.4 Å². The van der Waals surface area contributed by atoms with Crippen LogP contribution in [0.3, 0.4) is 0 Å². The van der Waals surface area contributed by atoms with Crippen LogP contribution in [0.15, 0.2) is 42.5 Å². The van der Waals surface area contributed by atoms with E-state index < -0.39 is 0 Å². The molecule has 1 aliphatic heterocycles. The zero-order valence-electron chi connectivity index (χ0n) is 16.7. The molecule has 29 heavy (non-hydrogen) atoms. The fourth-order valence-electron chi connectivity index (χ4n) is 3.49. The van der Waals surface area contributed by atoms with Crippen LogP contribution in [0.4, 0.5) is 15.8 Å². The van der Waals surface area contributed by atoms with Gasteiger partial charge in [-0.2, -0.15) is 0 Å². The van der Waals surface area contributed by atoms with Crippen LogP contribution < -0.4 is 15.4 Å². The predicted molar refractivity (Wildman–Crippen MR) is 111 cm³/mol. The third kappa shape index (κ3) is 5.77. The molecule has 2 N–H and O–H groups in total. The van der Waals surface area contributed by atoms with E-state index >= 15 is 0 Å². The molecule has 3 rings (SSSR count). The highest BCUT2D eigenvalue weighted by atomic mass is 19.1. The van der Waals surface area contributed by atoms with Gasteiger partial charge in [-0.1, -0.05) is 0 Å². The monoisotopic (exact) mass is 399 g/mol. The Kier molecular flexibility index (Phi) is 6.82. The summed E-state index contributed by atoms with van der Waals surface area (Å²) in [7, 11) is 1.62. The average Bonchev–Trinajstić information content (AvgIpc) is 2.70. The van der Waals surface area contributed by atoms with E-state index in [0.29, 0.717) is 31.6 Å². The SMILES string of the molecule is COc1ccc(NC(=O)C2CCN(CC(=O)Nc3ccc(F)cc3)CC2)cc1C. The van der Waals surface area contributed by atoms with Gasteiger partial charge in [-0.05, 0) is 80.9 Å². The summed E-state index contributed by atoms with van der Waals surface area (Å²) in [6, 6.07) is 11.3. The molecule has 0 radical (unpaired) electrons. The van der Waals surface area contributed by atoms with E-state index in [9.17, 15) is 14.0 Å². The number of nitrogens with one attached hydrogen (secondary N) is 2. The molecule has 6 nitrogen and oxygen atoms in total. The number of likely N-dealkylation sites (tertiary alicyclic amines) is 1. The number of ether oxygens (including phenoxy) is 1. The number of hydrogen-bond donors (Lipinski definition) is 2. The number of benzene rings is 2. The molecule has 154 valence electrons. The minimum Gasteiger partial charge on any atom is -0.496 e. The number of hydrogen-bond acceptors (Lipinski definition) is 4. The van der Waals surface area contributed by atoms with Gasteiger partial charge in [0.15, 0.2) is 0 Å². The summed E-state index contributed by atoms with van der Waals surface area (Å²) < 4.78 is 18.2. The largest absolute Gasteiger partial charge is 0.496 e. The second-order valence-electron chi connectivity index (χ2n) is 7.28. The summed E-state index contributed by atoms with van der Waals surface area (Å²) in [5, 5.41) is 5.73. The van der Waals surface area contributed by atoms with Crippen molar-refractivity contribution in [3.05, 3.63) is 53.8 Å². The van der Waals surface area contributed by atoms with Gasteiger partial charge in [0.25, 0.3) is 0 Å². The van der Waals surface area contributed by atoms with E-state index in [2.05, 4.69) is 10.6 Å². The first-order valence-corrected chi connectivity index (χ1v) is 9.68. The van der Waals surface area contributed by atoms with Gasteiger partial charge < -0.3 is 15.4 Å². The lowest BCUT2D eigenvalue weighted by Crippen LogP contribution is -2.41. The van der Waals surface area contributed by atoms with Crippen LogP contribution in [0, 0.1) is 18.7 Å². The van der Waals surface area contributed by atoms with Crippen molar-refractivity contribution in [3.63, 3.8) is 0 Å². The fraction of sp³-hybridized carbons (Fsp3) is 0.364. The molecule has 0 aromatic heterocycles. The number of rotatable bonds is 6. The number of carbonyl (C=O) groups is 2. The van der Waals surface area contributed by atoms with E-state index in [4.69, 9.17) is 4.74 Å². The Morgan fingerprint density at radius 3 is 2.34 bits per heavy atom. The fourth-order valence-corrected chi connectivity index (χ4v) is 3.49. The molecule has 1 saturated heterocycles. The lowest BCUT2D eigenvalue weighted by atomic mass is 9.95. The predicted octanol–water partition coefficient (Wildman–Crippen LogP) is 3.43. The van der Waals surface area contributed by atoms with Gasteiger partial charge in [-0.25, -0.2) is 4.39 Å². The first-order chi connectivity index (χ1) is 13.9. The first kappa shape index (κ1) is 20.8. The third-order valence-electron chi connectivity index (χ3n) is 5.12. The molecule has 0 atom stereocenters. The highest BCUT2D eigenvalue weighted by Crippen LogP contribution is 2.24. The maximum Gasteiger partial charge on any atom is 0.238 e. The smallest absolute Gasteiger partial charge is 0.238 e. The Balaban J connectivity index is 1.44. The summed E-state index contributed by atoms with van der Waals surface area (Å²) in [4.78, 5) is 26.8. The minimum absolute atomic E-state index is 0.00461. The Morgan fingerprint density at radius 2 is 1.72 bits per heavy atom. The summed E-state index contributed by atoms with van der Waals surface area (Å²) in [5.41, 5.74) is 2.29. The van der Waals surface area contributed by atoms with Crippen molar-refractivity contribution in [2.45, 2.75) is 19.8 Å². The summed E-state index contributed by atoms with van der Waals surface area (Å²) in [5.74, 6) is 0.232. The van der Waals surface area contributed by atoms with Gasteiger partial charge in [-0.3, -0.25) is 14.5 Å². The molecule has 0 bridgehead atoms. The molecular weight excluding hydrogens is 373 g/mol. The van der Waals surface area contributed by atoms with Crippen molar-refractivity contribution in [1.82, 2.24) is 4.90 Å². The standard InChI is InChI=1S/C22H26FN3O3/c1-15-13-19(7-8-20(15)29-2)25-22(28)16-9-11-26(12-10-16)14-21(27)24-18-5-3-17(23)4-6-18/h3-8,13,16H,9-12,14H2,1-2H3,(H,24,27)(H,25,28). The van der Waals surface area contributed by atoms with Gasteiger partial charge in [-0.15, -0.1) is 0 Å². The minimum atomic E-state index is -0.340. The van der Waals surface area contributed by atoms with Gasteiger partial charge in [0.1, 0.15) is 11.6 Å². The normalized spacial score (nSPS) is 15.0. The van der Waals surface area contributed by atoms with Gasteiger partial charge in [0.2, 0.25) is 11.8 Å². The Hall–Kier alpha value is -2.93. The van der Waals surface area contributed by atoms with E-state index in [-0.39, 0.29) is 30.1 Å². The lowest BCUT2D eigenvalue weighted by Gasteiger charge is -2.30. The molecule has 2 aromatic carbocycles. The molecule has 0 unspecified atom stereocenters. The molecule has 7 heteroatoms. The highest BCUT2D eigenvalue weighted by molar-refractivity contribution is 5.93. The van der Waals surface area contributed by atoms with Crippen LogP contribution in [0.25, 0.3) is 0 Å². The molecular formula is C22H26FN3O3. The van der Waals surface area contributed by atoms with Crippen LogP contribution in [0.5, 0.6) is 5.75 Å². The van der Waals surface area contributed by atoms with E-state index in [1.807, 2.05) is 30.0 Å². The van der Waals surface area contributed by atoms with Crippen molar-refractivity contribution < 1.29 is 18.7 Å². The van der Waals surface area contributed by atoms with Gasteiger partial charge in [0.05, 0.1) is 13.7 Å². The van der Waals surface area contributed by atoms with Crippen molar-refractivity contribution in [1.29, 1.82) is 0 Å². The van der Waals surface area contributed by atoms with Crippen molar-refractivity contribution in [2.24, 2.45) is 5.92 Å². The first-order valence-electron chi connectivity index (χ1n) is 9.68. The Morgan fingerprint density at radius 1 is 1.07 bits per heavy atom. The van der Waals surface area contributed by atoms with Crippen molar-refractivity contribution >= 4 is 23.2 Å². The maximum absolute atomic E-state index is 12.9. The number of nitrogens with zero attached hydrogens (tertiary/aromatic N) is 1. The van der Waals surface area contributed by atoms with Crippen LogP contribution >= 0.6 is 0 Å². The number of methoxy groups -OCH3 is 1. The zero-order valence-corrected chi connectivity index (χ0v) is 16.7. The quantitative estimate of drug-likeness (QED) is 0.781. The van der Waals surface area contributed by atoms with Gasteiger partial charge in [0, 0.05) is 17.3 Å². The lowest BCUT2D eigenvalue weighted by molar-refractivity contribution is -0.121. The van der Waals surface area contributed by atoms with E-state index in [1.165, 1.54) is 24.3 Å². The van der Waals surface area contributed by atoms with Crippen molar-refractivity contribution in [3.8, 4) is 5.75 Å². The molecule has 1 fully saturated rings. The second kappa shape index (κ2) is 9.52. The number of piperidine rings is 1. The van der Waals surface area contributed by atoms with Crippen LogP contribution in [0.1, 0.15) is 18.4 Å². The topological polar surface area (TPSA) is 70.7 Å². The number of anilines is 2. The highest BCUT2D eigenvalue weighted by Gasteiger charge is 2.26. The Bertz CT molecular complexity index is 862. The maximum atomic E-state index is 12.9. The molecule has 0 spiro atoms. The summed E-state index contributed by atoms with van der Waals surface area (Å²) in [6.07, 6.45) is 1.40. The molecule has 2 aromatic rings. The molecule has 0 aliphatic carbocycles. The molecule has 1 heterocycles. The molecule has 2 amide bonds. The molecule has 0 saturated carbocycles. The van der Waals surface area contributed by atoms with Crippen LogP contribution in [0.2, 0.25) is 0 Å². The number of halogens is 1. The van der Waals surface area contributed by atoms with E-state index in [0.717, 1.165) is 17.0 Å². The van der Waals surface area contributed by atoms with E-state index in [1.54, 1.807) is 7.11 Å². The molecule has 1 aliphatic rings. The number of aryl methyl sites for hydroxylation is 1. The number of carbonyl (C=O) groups excluding carboxylic acids is 2. The number of amides is 2. The average molecular weight is 399 g/mol. The Labute approximate surface area is 170 Å². The summed E-state index contributed by atoms with van der Waals surface area (Å²) in [6.45, 7) is 3.54. The van der Waals surface area contributed by atoms with Crippen LogP contribution in [-0.2, 0) is 9.59 Å². The zero-order chi connectivity index (χ0) is 20.8. The summed E-state index contributed by atoms with van der Waals surface area (Å²) >= 11 is 0. The van der Waals surface area contributed by atoms with Crippen LogP contribution in [-0.4, -0.2) is 43.5 Å². The van der Waals surface area contributed by atoms with Gasteiger partial charge >= 0.3 is 0 Å². The second-order valence-corrected chi connectivity index (χ2v) is 7.28. The third-order valence-corrected chi connectivity index (χ3v) is 5.12.